The fraction of sp³-hybridized carbons (Fsp3) is 0.150. The standard InChI is InChI=1S/C20H19N3O2/c1-13-8-9-15(12-24)10-18(13)23-20(25)17-11-21-19(22-14(17)2)16-6-4-3-5-7-16/h3-11,24H,12H2,1-2H3,(H,23,25). The largest absolute Gasteiger partial charge is 0.392 e. The second kappa shape index (κ2) is 7.23. The van der Waals surface area contributed by atoms with Crippen LogP contribution in [0.4, 0.5) is 5.69 Å². The van der Waals surface area contributed by atoms with Gasteiger partial charge in [0, 0.05) is 17.4 Å². The number of aliphatic hydroxyl groups excluding tert-OH is 1. The third kappa shape index (κ3) is 3.72. The molecular weight excluding hydrogens is 314 g/mol. The normalized spacial score (nSPS) is 10.5. The van der Waals surface area contributed by atoms with Crippen molar-refractivity contribution in [3.63, 3.8) is 0 Å². The van der Waals surface area contributed by atoms with E-state index in [9.17, 15) is 9.90 Å². The zero-order chi connectivity index (χ0) is 17.8. The van der Waals surface area contributed by atoms with Gasteiger partial charge in [-0.15, -0.1) is 0 Å². The number of anilines is 1. The number of amides is 1. The third-order valence-corrected chi connectivity index (χ3v) is 3.99. The van der Waals surface area contributed by atoms with Crippen molar-refractivity contribution in [1.29, 1.82) is 0 Å². The second-order valence-corrected chi connectivity index (χ2v) is 5.82. The topological polar surface area (TPSA) is 75.1 Å². The smallest absolute Gasteiger partial charge is 0.259 e. The van der Waals surface area contributed by atoms with Crippen LogP contribution in [0.2, 0.25) is 0 Å². The lowest BCUT2D eigenvalue weighted by Crippen LogP contribution is -2.16. The molecule has 126 valence electrons. The number of carbonyl (C=O) groups excluding carboxylic acids is 1. The molecule has 0 fully saturated rings. The molecule has 0 aliphatic rings. The van der Waals surface area contributed by atoms with Gasteiger partial charge in [-0.25, -0.2) is 9.97 Å². The van der Waals surface area contributed by atoms with E-state index in [1.54, 1.807) is 19.2 Å². The molecule has 25 heavy (non-hydrogen) atoms. The van der Waals surface area contributed by atoms with Gasteiger partial charge in [-0.1, -0.05) is 42.5 Å². The Balaban J connectivity index is 1.86. The lowest BCUT2D eigenvalue weighted by Gasteiger charge is -2.11. The summed E-state index contributed by atoms with van der Waals surface area (Å²) in [7, 11) is 0. The maximum Gasteiger partial charge on any atom is 0.259 e. The zero-order valence-corrected chi connectivity index (χ0v) is 14.2. The summed E-state index contributed by atoms with van der Waals surface area (Å²) < 4.78 is 0. The second-order valence-electron chi connectivity index (χ2n) is 5.82. The summed E-state index contributed by atoms with van der Waals surface area (Å²) in [5.74, 6) is 0.323. The zero-order valence-electron chi connectivity index (χ0n) is 14.2. The van der Waals surface area contributed by atoms with Crippen LogP contribution in [0.15, 0.2) is 54.7 Å². The molecule has 0 bridgehead atoms. The van der Waals surface area contributed by atoms with Crippen LogP contribution in [0.1, 0.15) is 27.2 Å². The van der Waals surface area contributed by atoms with Crippen LogP contribution >= 0.6 is 0 Å². The Labute approximate surface area is 146 Å². The molecular formula is C20H19N3O2. The van der Waals surface area contributed by atoms with Crippen LogP contribution in [-0.2, 0) is 6.61 Å². The van der Waals surface area contributed by atoms with Gasteiger partial charge in [0.05, 0.1) is 17.9 Å². The molecule has 3 aromatic rings. The highest BCUT2D eigenvalue weighted by molar-refractivity contribution is 6.05. The van der Waals surface area contributed by atoms with Gasteiger partial charge < -0.3 is 10.4 Å². The summed E-state index contributed by atoms with van der Waals surface area (Å²) in [6.45, 7) is 3.62. The lowest BCUT2D eigenvalue weighted by molar-refractivity contribution is 0.102. The van der Waals surface area contributed by atoms with Gasteiger partial charge in [-0.05, 0) is 31.0 Å². The van der Waals surface area contributed by atoms with Crippen LogP contribution in [0.3, 0.4) is 0 Å². The predicted molar refractivity (Wildman–Crippen MR) is 97.3 cm³/mol. The van der Waals surface area contributed by atoms with E-state index in [2.05, 4.69) is 15.3 Å². The Bertz CT molecular complexity index is 908. The van der Waals surface area contributed by atoms with Gasteiger partial charge in [-0.3, -0.25) is 4.79 Å². The maximum atomic E-state index is 12.6. The van der Waals surface area contributed by atoms with E-state index in [1.165, 1.54) is 0 Å². The van der Waals surface area contributed by atoms with Gasteiger partial charge in [-0.2, -0.15) is 0 Å². The monoisotopic (exact) mass is 333 g/mol. The number of aryl methyl sites for hydroxylation is 2. The minimum Gasteiger partial charge on any atom is -0.392 e. The number of aromatic nitrogens is 2. The third-order valence-electron chi connectivity index (χ3n) is 3.99. The van der Waals surface area contributed by atoms with Crippen LogP contribution < -0.4 is 5.32 Å². The van der Waals surface area contributed by atoms with E-state index in [1.807, 2.05) is 49.4 Å². The molecule has 0 saturated heterocycles. The van der Waals surface area contributed by atoms with E-state index >= 15 is 0 Å². The van der Waals surface area contributed by atoms with Crippen molar-refractivity contribution < 1.29 is 9.90 Å². The molecule has 1 heterocycles. The van der Waals surface area contributed by atoms with E-state index in [4.69, 9.17) is 0 Å². The van der Waals surface area contributed by atoms with Gasteiger partial charge in [0.25, 0.3) is 5.91 Å². The summed E-state index contributed by atoms with van der Waals surface area (Å²) >= 11 is 0. The first-order chi connectivity index (χ1) is 12.1. The van der Waals surface area contributed by atoms with E-state index in [-0.39, 0.29) is 12.5 Å². The van der Waals surface area contributed by atoms with E-state index < -0.39 is 0 Å². The molecule has 0 aliphatic heterocycles. The van der Waals surface area contributed by atoms with Crippen molar-refractivity contribution in [2.75, 3.05) is 5.32 Å². The quantitative estimate of drug-likeness (QED) is 0.766. The number of aliphatic hydroxyl groups is 1. The number of hydrogen-bond donors (Lipinski definition) is 2. The molecule has 1 amide bonds. The molecule has 0 radical (unpaired) electrons. The maximum absolute atomic E-state index is 12.6. The molecule has 0 unspecified atom stereocenters. The van der Waals surface area contributed by atoms with Crippen LogP contribution in [0, 0.1) is 13.8 Å². The number of carbonyl (C=O) groups is 1. The van der Waals surface area contributed by atoms with Gasteiger partial charge in [0.1, 0.15) is 0 Å². The Kier molecular flexibility index (Phi) is 4.86. The van der Waals surface area contributed by atoms with Gasteiger partial charge >= 0.3 is 0 Å². The van der Waals surface area contributed by atoms with E-state index in [0.29, 0.717) is 22.8 Å². The van der Waals surface area contributed by atoms with Crippen LogP contribution in [0.5, 0.6) is 0 Å². The molecule has 3 rings (SSSR count). The first kappa shape index (κ1) is 16.8. The summed E-state index contributed by atoms with van der Waals surface area (Å²) in [5.41, 5.74) is 4.28. The highest BCUT2D eigenvalue weighted by Crippen LogP contribution is 2.20. The van der Waals surface area contributed by atoms with Crippen molar-refractivity contribution in [3.8, 4) is 11.4 Å². The van der Waals surface area contributed by atoms with Gasteiger partial charge in [0.2, 0.25) is 0 Å². The molecule has 0 atom stereocenters. The molecule has 0 spiro atoms. The van der Waals surface area contributed by atoms with Crippen molar-refractivity contribution in [1.82, 2.24) is 9.97 Å². The van der Waals surface area contributed by atoms with Crippen molar-refractivity contribution in [2.45, 2.75) is 20.5 Å². The van der Waals surface area contributed by atoms with Crippen molar-refractivity contribution in [2.24, 2.45) is 0 Å². The Morgan fingerprint density at radius 1 is 1.12 bits per heavy atom. The SMILES string of the molecule is Cc1ccc(CO)cc1NC(=O)c1cnc(-c2ccccc2)nc1C. The van der Waals surface area contributed by atoms with Crippen LogP contribution in [0.25, 0.3) is 11.4 Å². The highest BCUT2D eigenvalue weighted by Gasteiger charge is 2.14. The van der Waals surface area contributed by atoms with Crippen molar-refractivity contribution >= 4 is 11.6 Å². The molecule has 2 aromatic carbocycles. The average Bonchev–Trinajstić information content (AvgIpc) is 2.64. The molecule has 1 aromatic heterocycles. The first-order valence-electron chi connectivity index (χ1n) is 7.99. The Morgan fingerprint density at radius 3 is 2.56 bits per heavy atom. The average molecular weight is 333 g/mol. The molecule has 0 aliphatic carbocycles. The number of rotatable bonds is 4. The fourth-order valence-corrected chi connectivity index (χ4v) is 2.51. The Morgan fingerprint density at radius 2 is 1.88 bits per heavy atom. The number of hydrogen-bond acceptors (Lipinski definition) is 4. The number of nitrogens with one attached hydrogen (secondary N) is 1. The molecule has 0 saturated carbocycles. The summed E-state index contributed by atoms with van der Waals surface area (Å²) in [4.78, 5) is 21.3. The lowest BCUT2D eigenvalue weighted by atomic mass is 10.1. The minimum atomic E-state index is -0.268. The summed E-state index contributed by atoms with van der Waals surface area (Å²) in [6.07, 6.45) is 1.55. The molecule has 5 nitrogen and oxygen atoms in total. The summed E-state index contributed by atoms with van der Waals surface area (Å²) in [6, 6.07) is 15.1. The summed E-state index contributed by atoms with van der Waals surface area (Å²) in [5, 5.41) is 12.1. The fourth-order valence-electron chi connectivity index (χ4n) is 2.51. The number of nitrogens with zero attached hydrogens (tertiary/aromatic N) is 2. The number of benzene rings is 2. The highest BCUT2D eigenvalue weighted by atomic mass is 16.3. The van der Waals surface area contributed by atoms with Crippen LogP contribution in [-0.4, -0.2) is 21.0 Å². The first-order valence-corrected chi connectivity index (χ1v) is 7.99. The minimum absolute atomic E-state index is 0.0724. The predicted octanol–water partition coefficient (Wildman–Crippen LogP) is 3.51. The molecule has 5 heteroatoms. The molecule has 2 N–H and O–H groups in total. The van der Waals surface area contributed by atoms with E-state index in [0.717, 1.165) is 16.7 Å². The Hall–Kier alpha value is -3.05. The van der Waals surface area contributed by atoms with Crippen molar-refractivity contribution in [3.05, 3.63) is 77.1 Å². The van der Waals surface area contributed by atoms with Gasteiger partial charge in [0.15, 0.2) is 5.82 Å².